The Balaban J connectivity index is 1.75. The van der Waals surface area contributed by atoms with Crippen LogP contribution in [-0.4, -0.2) is 34.1 Å². The van der Waals surface area contributed by atoms with E-state index in [0.717, 1.165) is 22.9 Å². The molecule has 10 heteroatoms. The van der Waals surface area contributed by atoms with E-state index >= 15 is 0 Å². The van der Waals surface area contributed by atoms with Gasteiger partial charge < -0.3 is 10.0 Å². The monoisotopic (exact) mass is 477 g/mol. The number of aliphatic hydroxyl groups excluding tert-OH is 1. The first-order valence-electron chi connectivity index (χ1n) is 10.9. The lowest BCUT2D eigenvalue weighted by atomic mass is 10.0. The number of aromatic nitrogens is 2. The number of alkyl halides is 3. The molecule has 0 spiro atoms. The van der Waals surface area contributed by atoms with Crippen LogP contribution in [0.5, 0.6) is 0 Å². The number of aliphatic hydroxyl groups is 1. The number of nitrogens with zero attached hydrogens (tertiary/aromatic N) is 3. The fourth-order valence-electron chi connectivity index (χ4n) is 4.72. The summed E-state index contributed by atoms with van der Waals surface area (Å²) in [4.78, 5) is 15.0. The Kier molecular flexibility index (Phi) is 5.43. The zero-order chi connectivity index (χ0) is 24.2. The minimum Gasteiger partial charge on any atom is -0.391 e. The van der Waals surface area contributed by atoms with E-state index in [2.05, 4.69) is 5.10 Å². The molecule has 0 bridgehead atoms. The van der Waals surface area contributed by atoms with Crippen LogP contribution in [0, 0.1) is 11.6 Å². The third-order valence-electron chi connectivity index (χ3n) is 6.39. The SMILES string of the molecule is O=c1c2c(c(-c3ccc(F)c(F)c3)nn1-c1cc(N3CCC(O)C3)ccc1C(F)(F)F)CCC2. The Labute approximate surface area is 191 Å². The highest BCUT2D eigenvalue weighted by Gasteiger charge is 2.36. The van der Waals surface area contributed by atoms with E-state index in [1.807, 2.05) is 0 Å². The maximum absolute atomic E-state index is 14.0. The highest BCUT2D eigenvalue weighted by Crippen LogP contribution is 2.37. The Morgan fingerprint density at radius 3 is 2.44 bits per heavy atom. The molecule has 1 saturated heterocycles. The summed E-state index contributed by atoms with van der Waals surface area (Å²) in [5, 5.41) is 14.1. The Morgan fingerprint density at radius 1 is 1.00 bits per heavy atom. The van der Waals surface area contributed by atoms with Crippen molar-refractivity contribution in [3.8, 4) is 16.9 Å². The molecule has 1 aromatic heterocycles. The van der Waals surface area contributed by atoms with E-state index in [4.69, 9.17) is 0 Å². The van der Waals surface area contributed by atoms with Gasteiger partial charge in [-0.3, -0.25) is 4.79 Å². The summed E-state index contributed by atoms with van der Waals surface area (Å²) in [7, 11) is 0. The van der Waals surface area contributed by atoms with Crippen molar-refractivity contribution in [3.05, 3.63) is 75.1 Å². The van der Waals surface area contributed by atoms with Crippen molar-refractivity contribution < 1.29 is 27.1 Å². The second-order valence-corrected chi connectivity index (χ2v) is 8.59. The van der Waals surface area contributed by atoms with E-state index in [9.17, 15) is 31.9 Å². The van der Waals surface area contributed by atoms with Crippen LogP contribution in [0.2, 0.25) is 0 Å². The van der Waals surface area contributed by atoms with Crippen molar-refractivity contribution in [2.24, 2.45) is 0 Å². The normalized spacial score (nSPS) is 17.9. The smallest absolute Gasteiger partial charge is 0.391 e. The third-order valence-corrected chi connectivity index (χ3v) is 6.39. The maximum Gasteiger partial charge on any atom is 0.418 e. The van der Waals surface area contributed by atoms with Crippen molar-refractivity contribution in [3.63, 3.8) is 0 Å². The lowest BCUT2D eigenvalue weighted by Gasteiger charge is -2.22. The van der Waals surface area contributed by atoms with Crippen molar-refractivity contribution in [2.45, 2.75) is 38.0 Å². The van der Waals surface area contributed by atoms with Gasteiger partial charge >= 0.3 is 6.18 Å². The molecule has 1 atom stereocenters. The Hall–Kier alpha value is -3.27. The van der Waals surface area contributed by atoms with Gasteiger partial charge in [-0.05, 0) is 67.6 Å². The van der Waals surface area contributed by atoms with Gasteiger partial charge in [0.25, 0.3) is 5.56 Å². The molecule has 2 aromatic carbocycles. The molecule has 1 unspecified atom stereocenters. The van der Waals surface area contributed by atoms with Gasteiger partial charge in [0.15, 0.2) is 11.6 Å². The van der Waals surface area contributed by atoms with E-state index in [-0.39, 0.29) is 17.8 Å². The zero-order valence-electron chi connectivity index (χ0n) is 17.9. The van der Waals surface area contributed by atoms with Gasteiger partial charge in [0.05, 0.1) is 23.0 Å². The number of β-amino-alcohol motifs (C(OH)–C–C–N with tert-alkyl or cyclic N) is 1. The fraction of sp³-hybridized carbons (Fsp3) is 0.333. The number of rotatable bonds is 3. The molecule has 2 aliphatic rings. The molecule has 34 heavy (non-hydrogen) atoms. The number of hydrogen-bond acceptors (Lipinski definition) is 4. The van der Waals surface area contributed by atoms with E-state index in [1.54, 1.807) is 4.90 Å². The average molecular weight is 477 g/mol. The van der Waals surface area contributed by atoms with Crippen LogP contribution >= 0.6 is 0 Å². The lowest BCUT2D eigenvalue weighted by Crippen LogP contribution is -2.29. The van der Waals surface area contributed by atoms with Gasteiger partial charge in [0, 0.05) is 29.9 Å². The summed E-state index contributed by atoms with van der Waals surface area (Å²) in [5.41, 5.74) is -0.537. The number of fused-ring (bicyclic) bond motifs is 1. The van der Waals surface area contributed by atoms with E-state index < -0.39 is 40.7 Å². The van der Waals surface area contributed by atoms with Crippen LogP contribution < -0.4 is 10.5 Å². The van der Waals surface area contributed by atoms with Gasteiger partial charge in [-0.25, -0.2) is 8.78 Å². The van der Waals surface area contributed by atoms with Crippen molar-refractivity contribution in [1.82, 2.24) is 9.78 Å². The molecule has 3 aromatic rings. The molecule has 0 amide bonds. The second kappa shape index (κ2) is 8.19. The summed E-state index contributed by atoms with van der Waals surface area (Å²) in [6.45, 7) is 0.718. The molecule has 2 heterocycles. The molecular formula is C24H20F5N3O2. The highest BCUT2D eigenvalue weighted by atomic mass is 19.4. The van der Waals surface area contributed by atoms with Crippen molar-refractivity contribution in [2.75, 3.05) is 18.0 Å². The van der Waals surface area contributed by atoms with Crippen LogP contribution in [0.3, 0.4) is 0 Å². The van der Waals surface area contributed by atoms with Crippen LogP contribution in [-0.2, 0) is 19.0 Å². The molecule has 1 fully saturated rings. The largest absolute Gasteiger partial charge is 0.418 e. The van der Waals surface area contributed by atoms with Crippen LogP contribution in [0.15, 0.2) is 41.2 Å². The third kappa shape index (κ3) is 3.85. The molecule has 0 saturated carbocycles. The second-order valence-electron chi connectivity index (χ2n) is 8.59. The summed E-state index contributed by atoms with van der Waals surface area (Å²) in [6.07, 6.45) is -3.46. The lowest BCUT2D eigenvalue weighted by molar-refractivity contribution is -0.137. The molecule has 5 nitrogen and oxygen atoms in total. The van der Waals surface area contributed by atoms with Gasteiger partial charge in [-0.2, -0.15) is 23.0 Å². The maximum atomic E-state index is 14.0. The van der Waals surface area contributed by atoms with Gasteiger partial charge in [-0.15, -0.1) is 0 Å². The van der Waals surface area contributed by atoms with Crippen LogP contribution in [0.1, 0.15) is 29.5 Å². The quantitative estimate of drug-likeness (QED) is 0.573. The summed E-state index contributed by atoms with van der Waals surface area (Å²) < 4.78 is 70.0. The molecule has 0 radical (unpaired) electrons. The van der Waals surface area contributed by atoms with Gasteiger partial charge in [0.1, 0.15) is 0 Å². The molecule has 1 aliphatic carbocycles. The summed E-state index contributed by atoms with van der Waals surface area (Å²) in [5.74, 6) is -2.18. The highest BCUT2D eigenvalue weighted by molar-refractivity contribution is 5.66. The molecule has 1 aliphatic heterocycles. The topological polar surface area (TPSA) is 58.4 Å². The van der Waals surface area contributed by atoms with Crippen LogP contribution in [0.25, 0.3) is 16.9 Å². The summed E-state index contributed by atoms with van der Waals surface area (Å²) >= 11 is 0. The predicted molar refractivity (Wildman–Crippen MR) is 115 cm³/mol. The minimum atomic E-state index is -4.76. The number of anilines is 1. The molecular weight excluding hydrogens is 457 g/mol. The Morgan fingerprint density at radius 2 is 1.76 bits per heavy atom. The van der Waals surface area contributed by atoms with E-state index in [0.29, 0.717) is 49.0 Å². The number of hydrogen-bond donors (Lipinski definition) is 1. The minimum absolute atomic E-state index is 0.154. The fourth-order valence-corrected chi connectivity index (χ4v) is 4.72. The number of benzene rings is 2. The first kappa shape index (κ1) is 22.5. The average Bonchev–Trinajstić information content (AvgIpc) is 3.45. The molecule has 178 valence electrons. The Bertz CT molecular complexity index is 1340. The van der Waals surface area contributed by atoms with Crippen molar-refractivity contribution in [1.29, 1.82) is 0 Å². The van der Waals surface area contributed by atoms with Crippen molar-refractivity contribution >= 4 is 5.69 Å². The first-order valence-corrected chi connectivity index (χ1v) is 10.9. The van der Waals surface area contributed by atoms with Gasteiger partial charge in [0.2, 0.25) is 0 Å². The summed E-state index contributed by atoms with van der Waals surface area (Å²) in [6, 6.07) is 6.58. The van der Waals surface area contributed by atoms with E-state index in [1.165, 1.54) is 18.2 Å². The zero-order valence-corrected chi connectivity index (χ0v) is 17.9. The van der Waals surface area contributed by atoms with Crippen LogP contribution in [0.4, 0.5) is 27.6 Å². The molecule has 5 rings (SSSR count). The molecule has 1 N–H and O–H groups in total. The predicted octanol–water partition coefficient (Wildman–Crippen LogP) is 4.26. The van der Waals surface area contributed by atoms with Gasteiger partial charge in [-0.1, -0.05) is 0 Å². The number of halogens is 5. The first-order chi connectivity index (χ1) is 16.1. The standard InChI is InChI=1S/C24H20F5N3O2/c25-19-7-4-13(10-20(19)26)22-16-2-1-3-17(16)23(34)32(30-22)21-11-14(31-9-8-15(33)12-31)5-6-18(21)24(27,28)29/h4-7,10-11,15,33H,1-3,8-9,12H2.